The van der Waals surface area contributed by atoms with Gasteiger partial charge in [-0.3, -0.25) is 9.69 Å². The Morgan fingerprint density at radius 1 is 1.04 bits per heavy atom. The number of fused-ring (bicyclic) bond motifs is 2. The molecule has 0 saturated heterocycles. The predicted molar refractivity (Wildman–Crippen MR) is 109 cm³/mol. The molecule has 4 nitrogen and oxygen atoms in total. The minimum Gasteiger partial charge on any atom is -0.268 e. The van der Waals surface area contributed by atoms with Crippen LogP contribution in [0.4, 0.5) is 11.5 Å². The molecule has 4 aromatic rings. The maximum Gasteiger partial charge on any atom is 0.287 e. The second-order valence-electron chi connectivity index (χ2n) is 6.67. The number of carbonyl (C=O) groups is 1. The maximum absolute atomic E-state index is 13.5. The molecule has 3 heterocycles. The Balaban J connectivity index is 1.72. The number of para-hydroxylation sites is 2. The lowest BCUT2D eigenvalue weighted by Gasteiger charge is -2.33. The molecule has 2 aromatic heterocycles. The minimum absolute atomic E-state index is 0.00486. The second kappa shape index (κ2) is 6.21. The van der Waals surface area contributed by atoms with Crippen LogP contribution in [0.5, 0.6) is 0 Å². The van der Waals surface area contributed by atoms with E-state index in [-0.39, 0.29) is 12.1 Å². The van der Waals surface area contributed by atoms with E-state index in [9.17, 15) is 4.79 Å². The number of anilines is 2. The van der Waals surface area contributed by atoms with Crippen LogP contribution in [-0.4, -0.2) is 5.91 Å². The van der Waals surface area contributed by atoms with Gasteiger partial charge in [0.05, 0.1) is 4.88 Å². The van der Waals surface area contributed by atoms with Crippen molar-refractivity contribution < 1.29 is 9.78 Å². The van der Waals surface area contributed by atoms with Crippen LogP contribution in [0.3, 0.4) is 0 Å². The molecule has 5 rings (SSSR count). The van der Waals surface area contributed by atoms with Gasteiger partial charge in [-0.05, 0) is 48.2 Å². The largest absolute Gasteiger partial charge is 0.287 e. The van der Waals surface area contributed by atoms with Crippen LogP contribution in [0.15, 0.2) is 72.1 Å². The van der Waals surface area contributed by atoms with Crippen molar-refractivity contribution >= 4 is 39.7 Å². The molecule has 27 heavy (non-hydrogen) atoms. The number of amides is 1. The van der Waals surface area contributed by atoms with E-state index >= 15 is 0 Å². The van der Waals surface area contributed by atoms with Crippen LogP contribution in [-0.2, 0) is 0 Å². The van der Waals surface area contributed by atoms with Crippen molar-refractivity contribution in [2.45, 2.75) is 13.1 Å². The molecular formula is C22H18N3OS+. The number of hydrogen-bond donors (Lipinski definition) is 1. The van der Waals surface area contributed by atoms with Gasteiger partial charge in [-0.2, -0.15) is 0 Å². The topological polar surface area (TPSA) is 46.5 Å². The lowest BCUT2D eigenvalue weighted by molar-refractivity contribution is -0.328. The van der Waals surface area contributed by atoms with Gasteiger partial charge in [0.1, 0.15) is 11.1 Å². The average molecular weight is 372 g/mol. The van der Waals surface area contributed by atoms with E-state index in [0.717, 1.165) is 27.3 Å². The van der Waals surface area contributed by atoms with E-state index in [1.54, 1.807) is 11.3 Å². The number of nitrogens with zero attached hydrogens (tertiary/aromatic N) is 1. The normalized spacial score (nSPS) is 16.3. The van der Waals surface area contributed by atoms with Crippen LogP contribution < -0.4 is 15.2 Å². The summed E-state index contributed by atoms with van der Waals surface area (Å²) in [6.45, 7) is 2.08. The van der Waals surface area contributed by atoms with Crippen molar-refractivity contribution in [3.05, 3.63) is 88.1 Å². The molecule has 2 aromatic carbocycles. The number of aryl methyl sites for hydroxylation is 1. The van der Waals surface area contributed by atoms with E-state index in [4.69, 9.17) is 0 Å². The summed E-state index contributed by atoms with van der Waals surface area (Å²) in [5, 5.41) is 6.66. The third-order valence-corrected chi connectivity index (χ3v) is 6.03. The zero-order valence-electron chi connectivity index (χ0n) is 14.8. The fraction of sp³-hybridized carbons (Fsp3) is 0.0909. The van der Waals surface area contributed by atoms with Gasteiger partial charge in [-0.25, -0.2) is 10.3 Å². The Hall–Kier alpha value is -3.18. The number of carbonyl (C=O) groups excluding carboxylic acids is 1. The minimum atomic E-state index is -0.246. The van der Waals surface area contributed by atoms with Crippen molar-refractivity contribution in [3.63, 3.8) is 0 Å². The molecular weight excluding hydrogens is 354 g/mol. The summed E-state index contributed by atoms with van der Waals surface area (Å²) in [6, 6.07) is 21.9. The molecule has 132 valence electrons. The van der Waals surface area contributed by atoms with E-state index in [0.29, 0.717) is 5.56 Å². The first-order valence-corrected chi connectivity index (χ1v) is 9.74. The first-order chi connectivity index (χ1) is 13.2. The van der Waals surface area contributed by atoms with Gasteiger partial charge < -0.3 is 0 Å². The van der Waals surface area contributed by atoms with Crippen molar-refractivity contribution in [3.8, 4) is 0 Å². The van der Waals surface area contributed by atoms with Crippen molar-refractivity contribution in [2.75, 3.05) is 10.2 Å². The second-order valence-corrected chi connectivity index (χ2v) is 7.62. The number of benzene rings is 2. The monoisotopic (exact) mass is 372 g/mol. The number of pyridine rings is 1. The van der Waals surface area contributed by atoms with E-state index in [1.807, 2.05) is 65.6 Å². The van der Waals surface area contributed by atoms with Gasteiger partial charge in [0.25, 0.3) is 11.7 Å². The Morgan fingerprint density at radius 2 is 1.81 bits per heavy atom. The molecule has 1 amide bonds. The van der Waals surface area contributed by atoms with Crippen molar-refractivity contribution in [2.24, 2.45) is 0 Å². The average Bonchev–Trinajstić information content (AvgIpc) is 3.13. The summed E-state index contributed by atoms with van der Waals surface area (Å²) in [4.78, 5) is 19.9. The summed E-state index contributed by atoms with van der Waals surface area (Å²) >= 11 is 1.66. The van der Waals surface area contributed by atoms with Gasteiger partial charge in [0, 0.05) is 11.1 Å². The summed E-state index contributed by atoms with van der Waals surface area (Å²) in [5.41, 5.74) is 3.72. The zero-order chi connectivity index (χ0) is 18.4. The lowest BCUT2D eigenvalue weighted by atomic mass is 10.1. The highest BCUT2D eigenvalue weighted by molar-refractivity contribution is 7.10. The summed E-state index contributed by atoms with van der Waals surface area (Å²) in [6.07, 6.45) is -0.246. The van der Waals surface area contributed by atoms with Gasteiger partial charge in [-0.15, -0.1) is 11.3 Å². The third-order valence-electron chi connectivity index (χ3n) is 4.96. The number of rotatable bonds is 2. The smallest absolute Gasteiger partial charge is 0.268 e. The zero-order valence-corrected chi connectivity index (χ0v) is 15.6. The fourth-order valence-corrected chi connectivity index (χ4v) is 4.57. The van der Waals surface area contributed by atoms with Crippen LogP contribution >= 0.6 is 11.3 Å². The highest BCUT2D eigenvalue weighted by Gasteiger charge is 2.40. The van der Waals surface area contributed by atoms with Crippen LogP contribution in [0.2, 0.25) is 0 Å². The third kappa shape index (κ3) is 2.59. The molecule has 5 heteroatoms. The predicted octanol–water partition coefficient (Wildman–Crippen LogP) is 4.79. The molecule has 0 spiro atoms. The number of hydrogen-bond acceptors (Lipinski definition) is 3. The molecule has 0 aliphatic carbocycles. The van der Waals surface area contributed by atoms with Crippen molar-refractivity contribution in [1.82, 2.24) is 0 Å². The summed E-state index contributed by atoms with van der Waals surface area (Å²) < 4.78 is 0. The van der Waals surface area contributed by atoms with Crippen LogP contribution in [0.25, 0.3) is 10.9 Å². The maximum atomic E-state index is 13.5. The van der Waals surface area contributed by atoms with Gasteiger partial charge in [0.15, 0.2) is 0 Å². The molecule has 1 aliphatic heterocycles. The number of nitrogens with one attached hydrogen (secondary N) is 2. The molecule has 1 atom stereocenters. The summed E-state index contributed by atoms with van der Waals surface area (Å²) in [5.74, 6) is 0.762. The molecule has 2 N–H and O–H groups in total. The standard InChI is InChI=1S/C22H17N3OS/c1-14-11-12-27-19(14)21-24-20-17(13-15-7-5-6-10-18(15)23-20)22(26)25(21)16-8-3-2-4-9-16/h2-13,21H,1H3,(H,23,24)/p+1/t21-/m0/s1. The lowest BCUT2D eigenvalue weighted by Crippen LogP contribution is -2.45. The molecule has 0 fully saturated rings. The Kier molecular flexibility index (Phi) is 3.69. The Bertz CT molecular complexity index is 1150. The van der Waals surface area contributed by atoms with Crippen LogP contribution in [0.1, 0.15) is 27.0 Å². The van der Waals surface area contributed by atoms with Crippen molar-refractivity contribution in [1.29, 1.82) is 0 Å². The highest BCUT2D eigenvalue weighted by atomic mass is 32.1. The molecule has 1 aliphatic rings. The SMILES string of the molecule is Cc1ccsc1[C@H]1Nc2[nH+]c3ccccc3cc2C(=O)N1c1ccccc1. The summed E-state index contributed by atoms with van der Waals surface area (Å²) in [7, 11) is 0. The van der Waals surface area contributed by atoms with E-state index < -0.39 is 0 Å². The Morgan fingerprint density at radius 3 is 2.59 bits per heavy atom. The van der Waals surface area contributed by atoms with Crippen LogP contribution in [0, 0.1) is 6.92 Å². The van der Waals surface area contributed by atoms with Gasteiger partial charge >= 0.3 is 0 Å². The molecule has 0 bridgehead atoms. The van der Waals surface area contributed by atoms with E-state index in [1.165, 1.54) is 5.56 Å². The molecule has 0 saturated carbocycles. The first kappa shape index (κ1) is 16.0. The number of aromatic amines is 1. The van der Waals surface area contributed by atoms with Gasteiger partial charge in [-0.1, -0.05) is 36.4 Å². The Labute approximate surface area is 161 Å². The fourth-order valence-electron chi connectivity index (χ4n) is 3.60. The molecule has 0 unspecified atom stereocenters. The van der Waals surface area contributed by atoms with E-state index in [2.05, 4.69) is 28.7 Å². The quantitative estimate of drug-likeness (QED) is 0.550. The number of aromatic nitrogens is 1. The molecule has 0 radical (unpaired) electrons. The van der Waals surface area contributed by atoms with Gasteiger partial charge in [0.2, 0.25) is 6.17 Å². The first-order valence-electron chi connectivity index (χ1n) is 8.86. The highest BCUT2D eigenvalue weighted by Crippen LogP contribution is 2.38. The number of H-pyrrole nitrogens is 1. The number of thiophene rings is 1.